The van der Waals surface area contributed by atoms with E-state index in [4.69, 9.17) is 5.73 Å². The van der Waals surface area contributed by atoms with Crippen molar-refractivity contribution in [2.24, 2.45) is 5.73 Å². The van der Waals surface area contributed by atoms with Crippen LogP contribution in [0.25, 0.3) is 0 Å². The lowest BCUT2D eigenvalue weighted by Crippen LogP contribution is -2.24. The summed E-state index contributed by atoms with van der Waals surface area (Å²) in [5.74, 6) is -0.764. The Hall–Kier alpha value is -1.91. The fraction of sp³-hybridized carbons (Fsp3) is 0.333. The Balaban J connectivity index is 2.49. The molecule has 4 nitrogen and oxygen atoms in total. The van der Waals surface area contributed by atoms with Gasteiger partial charge in [0.15, 0.2) is 0 Å². The van der Waals surface area contributed by atoms with Gasteiger partial charge in [0.1, 0.15) is 0 Å². The lowest BCUT2D eigenvalue weighted by atomic mass is 10.1. The molecule has 0 fully saturated rings. The molecule has 0 aliphatic rings. The molecular weight excluding hydrogens is 223 g/mol. The largest absolute Gasteiger partial charge is 0.366 e. The van der Waals surface area contributed by atoms with Crippen molar-refractivity contribution in [3.63, 3.8) is 0 Å². The van der Waals surface area contributed by atoms with Crippen molar-refractivity contribution in [2.75, 3.05) is 13.2 Å². The first-order valence-electron chi connectivity index (χ1n) is 5.39. The van der Waals surface area contributed by atoms with Crippen molar-refractivity contribution in [3.05, 3.63) is 35.4 Å². The molecule has 0 radical (unpaired) electrons. The Bertz CT molecular complexity index is 390. The zero-order valence-corrected chi connectivity index (χ0v) is 9.41. The fourth-order valence-electron chi connectivity index (χ4n) is 1.31. The van der Waals surface area contributed by atoms with Crippen LogP contribution in [0.5, 0.6) is 0 Å². The van der Waals surface area contributed by atoms with E-state index in [9.17, 15) is 14.0 Å². The van der Waals surface area contributed by atoms with E-state index in [0.717, 1.165) is 0 Å². The van der Waals surface area contributed by atoms with Gasteiger partial charge in [-0.25, -0.2) is 0 Å². The second-order valence-electron chi connectivity index (χ2n) is 3.59. The van der Waals surface area contributed by atoms with Gasteiger partial charge in [-0.15, -0.1) is 0 Å². The van der Waals surface area contributed by atoms with Gasteiger partial charge < -0.3 is 11.1 Å². The molecule has 0 saturated heterocycles. The summed E-state index contributed by atoms with van der Waals surface area (Å²) in [6, 6.07) is 6.06. The number of nitrogens with one attached hydrogen (secondary N) is 1. The molecule has 0 saturated carbocycles. The molecule has 0 heterocycles. The van der Waals surface area contributed by atoms with E-state index < -0.39 is 5.91 Å². The third-order valence-corrected chi connectivity index (χ3v) is 2.28. The number of unbranched alkanes of at least 4 members (excludes halogenated alkanes) is 1. The van der Waals surface area contributed by atoms with Crippen molar-refractivity contribution < 1.29 is 14.0 Å². The number of rotatable bonds is 6. The first-order chi connectivity index (χ1) is 8.15. The van der Waals surface area contributed by atoms with Gasteiger partial charge in [-0.05, 0) is 37.1 Å². The smallest absolute Gasteiger partial charge is 0.251 e. The molecule has 0 aromatic heterocycles. The monoisotopic (exact) mass is 238 g/mol. The van der Waals surface area contributed by atoms with E-state index in [2.05, 4.69) is 5.32 Å². The summed E-state index contributed by atoms with van der Waals surface area (Å²) in [5, 5.41) is 2.66. The highest BCUT2D eigenvalue weighted by molar-refractivity contribution is 5.97. The predicted octanol–water partition coefficient (Wildman–Crippen LogP) is 1.26. The SMILES string of the molecule is NC(=O)c1ccc(C(=O)NCCCCF)cc1. The molecule has 1 aromatic rings. The van der Waals surface area contributed by atoms with Gasteiger partial charge in [-0.3, -0.25) is 14.0 Å². The number of nitrogens with two attached hydrogens (primary N) is 1. The minimum atomic E-state index is -0.528. The van der Waals surface area contributed by atoms with Crippen LogP contribution in [-0.2, 0) is 0 Å². The molecule has 3 N–H and O–H groups in total. The molecule has 0 bridgehead atoms. The van der Waals surface area contributed by atoms with Crippen LogP contribution in [-0.4, -0.2) is 25.0 Å². The van der Waals surface area contributed by atoms with Crippen molar-refractivity contribution in [1.82, 2.24) is 5.32 Å². The van der Waals surface area contributed by atoms with Crippen LogP contribution < -0.4 is 11.1 Å². The first kappa shape index (κ1) is 13.2. The topological polar surface area (TPSA) is 72.2 Å². The summed E-state index contributed by atoms with van der Waals surface area (Å²) in [6.07, 6.45) is 1.06. The molecule has 0 atom stereocenters. The number of hydrogen-bond acceptors (Lipinski definition) is 2. The normalized spacial score (nSPS) is 9.94. The number of amides is 2. The quantitative estimate of drug-likeness (QED) is 0.732. The predicted molar refractivity (Wildman–Crippen MR) is 62.5 cm³/mol. The molecule has 2 amide bonds. The maximum atomic E-state index is 11.8. The highest BCUT2D eigenvalue weighted by Gasteiger charge is 2.05. The number of alkyl halides is 1. The van der Waals surface area contributed by atoms with Crippen molar-refractivity contribution in [1.29, 1.82) is 0 Å². The molecule has 1 rings (SSSR count). The van der Waals surface area contributed by atoms with Crippen LogP contribution in [0.1, 0.15) is 33.6 Å². The fourth-order valence-corrected chi connectivity index (χ4v) is 1.31. The van der Waals surface area contributed by atoms with E-state index in [1.807, 2.05) is 0 Å². The number of carbonyl (C=O) groups is 2. The van der Waals surface area contributed by atoms with E-state index in [1.165, 1.54) is 24.3 Å². The third-order valence-electron chi connectivity index (χ3n) is 2.28. The average Bonchev–Trinajstić information content (AvgIpc) is 2.34. The Labute approximate surface area is 99.0 Å². The van der Waals surface area contributed by atoms with Crippen LogP contribution in [0.3, 0.4) is 0 Å². The van der Waals surface area contributed by atoms with Crippen LogP contribution in [0.15, 0.2) is 24.3 Å². The summed E-state index contributed by atoms with van der Waals surface area (Å²) in [4.78, 5) is 22.4. The lowest BCUT2D eigenvalue weighted by molar-refractivity contribution is 0.0950. The van der Waals surface area contributed by atoms with E-state index >= 15 is 0 Å². The summed E-state index contributed by atoms with van der Waals surface area (Å²) in [6.45, 7) is 0.0729. The Morgan fingerprint density at radius 2 is 1.71 bits per heavy atom. The molecule has 17 heavy (non-hydrogen) atoms. The Kier molecular flexibility index (Phi) is 5.13. The summed E-state index contributed by atoms with van der Waals surface area (Å²) < 4.78 is 11.8. The van der Waals surface area contributed by atoms with Gasteiger partial charge in [0.25, 0.3) is 5.91 Å². The van der Waals surface area contributed by atoms with E-state index in [1.54, 1.807) is 0 Å². The maximum absolute atomic E-state index is 11.8. The van der Waals surface area contributed by atoms with Gasteiger partial charge >= 0.3 is 0 Å². The Morgan fingerprint density at radius 1 is 1.12 bits per heavy atom. The number of hydrogen-bond donors (Lipinski definition) is 2. The van der Waals surface area contributed by atoms with E-state index in [-0.39, 0.29) is 12.6 Å². The number of benzene rings is 1. The molecule has 5 heteroatoms. The molecule has 92 valence electrons. The lowest BCUT2D eigenvalue weighted by Gasteiger charge is -2.04. The molecule has 0 unspecified atom stereocenters. The van der Waals surface area contributed by atoms with E-state index in [0.29, 0.717) is 30.5 Å². The number of carbonyl (C=O) groups excluding carboxylic acids is 2. The van der Waals surface area contributed by atoms with Crippen molar-refractivity contribution >= 4 is 11.8 Å². The van der Waals surface area contributed by atoms with Crippen LogP contribution in [0.4, 0.5) is 4.39 Å². The van der Waals surface area contributed by atoms with Crippen molar-refractivity contribution in [3.8, 4) is 0 Å². The second-order valence-corrected chi connectivity index (χ2v) is 3.59. The third kappa shape index (κ3) is 4.22. The summed E-state index contributed by atoms with van der Waals surface area (Å²) >= 11 is 0. The highest BCUT2D eigenvalue weighted by atomic mass is 19.1. The van der Waals surface area contributed by atoms with Crippen LogP contribution in [0, 0.1) is 0 Å². The summed E-state index contributed by atoms with van der Waals surface area (Å²) in [5.41, 5.74) is 5.89. The highest BCUT2D eigenvalue weighted by Crippen LogP contribution is 2.03. The van der Waals surface area contributed by atoms with Gasteiger partial charge in [0.05, 0.1) is 6.67 Å². The molecule has 0 aliphatic heterocycles. The molecule has 0 aliphatic carbocycles. The molecule has 0 spiro atoms. The van der Waals surface area contributed by atoms with Gasteiger partial charge in [-0.1, -0.05) is 0 Å². The minimum Gasteiger partial charge on any atom is -0.366 e. The molecule has 1 aromatic carbocycles. The summed E-state index contributed by atoms with van der Waals surface area (Å²) in [7, 11) is 0. The van der Waals surface area contributed by atoms with Crippen LogP contribution in [0.2, 0.25) is 0 Å². The average molecular weight is 238 g/mol. The Morgan fingerprint density at radius 3 is 2.24 bits per heavy atom. The van der Waals surface area contributed by atoms with Gasteiger partial charge in [0.2, 0.25) is 5.91 Å². The van der Waals surface area contributed by atoms with Crippen LogP contribution >= 0.6 is 0 Å². The van der Waals surface area contributed by atoms with Gasteiger partial charge in [0, 0.05) is 17.7 Å². The minimum absolute atomic E-state index is 0.236. The molecular formula is C12H15FN2O2. The zero-order chi connectivity index (χ0) is 12.7. The zero-order valence-electron chi connectivity index (χ0n) is 9.41. The first-order valence-corrected chi connectivity index (χ1v) is 5.39. The standard InChI is InChI=1S/C12H15FN2O2/c13-7-1-2-8-15-12(17)10-5-3-9(4-6-10)11(14)16/h3-6H,1-2,7-8H2,(H2,14,16)(H,15,17). The number of primary amides is 1. The maximum Gasteiger partial charge on any atom is 0.251 e. The van der Waals surface area contributed by atoms with Gasteiger partial charge in [-0.2, -0.15) is 0 Å². The number of halogens is 1. The second kappa shape index (κ2) is 6.62. The van der Waals surface area contributed by atoms with Crippen molar-refractivity contribution in [2.45, 2.75) is 12.8 Å².